The Morgan fingerprint density at radius 1 is 1.39 bits per heavy atom. The molecule has 1 aliphatic carbocycles. The summed E-state index contributed by atoms with van der Waals surface area (Å²) in [5.41, 5.74) is 0. The first-order valence-corrected chi connectivity index (χ1v) is 7.21. The van der Waals surface area contributed by atoms with E-state index in [1.807, 2.05) is 0 Å². The number of nitrogens with one attached hydrogen (secondary N) is 1. The van der Waals surface area contributed by atoms with Crippen molar-refractivity contribution >= 4 is 5.91 Å². The molecule has 2 aliphatic rings. The van der Waals surface area contributed by atoms with Gasteiger partial charge < -0.3 is 5.32 Å². The number of piperazine rings is 1. The van der Waals surface area contributed by atoms with Crippen LogP contribution in [-0.2, 0) is 4.79 Å². The first kappa shape index (κ1) is 13.4. The number of amides is 1. The van der Waals surface area contributed by atoms with E-state index in [4.69, 9.17) is 0 Å². The molecule has 4 nitrogen and oxygen atoms in total. The zero-order chi connectivity index (χ0) is 13.0. The van der Waals surface area contributed by atoms with Crippen molar-refractivity contribution in [2.75, 3.05) is 13.1 Å². The molecular formula is C14H23N3O. The Morgan fingerprint density at radius 3 is 2.89 bits per heavy atom. The smallest absolute Gasteiger partial charge is 0.237 e. The Kier molecular flexibility index (Phi) is 4.60. The van der Waals surface area contributed by atoms with E-state index < -0.39 is 0 Å². The van der Waals surface area contributed by atoms with Crippen molar-refractivity contribution in [2.45, 2.75) is 57.5 Å². The average Bonchev–Trinajstić information content (AvgIpc) is 2.63. The van der Waals surface area contributed by atoms with Crippen molar-refractivity contribution in [3.8, 4) is 6.07 Å². The monoisotopic (exact) mass is 249 g/mol. The van der Waals surface area contributed by atoms with Gasteiger partial charge in [-0.2, -0.15) is 5.26 Å². The fraction of sp³-hybridized carbons (Fsp3) is 0.857. The largest absolute Gasteiger partial charge is 0.353 e. The van der Waals surface area contributed by atoms with E-state index in [0.29, 0.717) is 0 Å². The maximum absolute atomic E-state index is 11.9. The molecule has 2 rings (SSSR count). The minimum atomic E-state index is -0.0299. The number of nitrogens with zero attached hydrogens (tertiary/aromatic N) is 2. The van der Waals surface area contributed by atoms with Gasteiger partial charge in [0.1, 0.15) is 0 Å². The van der Waals surface area contributed by atoms with Crippen LogP contribution in [-0.4, -0.2) is 36.0 Å². The molecule has 1 saturated heterocycles. The van der Waals surface area contributed by atoms with Gasteiger partial charge in [-0.05, 0) is 19.3 Å². The van der Waals surface area contributed by atoms with Crippen LogP contribution in [0.15, 0.2) is 0 Å². The Hall–Kier alpha value is -1.08. The minimum Gasteiger partial charge on any atom is -0.353 e. The van der Waals surface area contributed by atoms with Gasteiger partial charge in [-0.25, -0.2) is 0 Å². The van der Waals surface area contributed by atoms with Crippen molar-refractivity contribution in [3.63, 3.8) is 0 Å². The number of nitriles is 1. The summed E-state index contributed by atoms with van der Waals surface area (Å²) in [5, 5.41) is 12.3. The van der Waals surface area contributed by atoms with Crippen molar-refractivity contribution in [1.29, 1.82) is 5.26 Å². The molecule has 0 aromatic carbocycles. The Balaban J connectivity index is 2.15. The van der Waals surface area contributed by atoms with Crippen LogP contribution in [0.3, 0.4) is 0 Å². The molecule has 3 unspecified atom stereocenters. The summed E-state index contributed by atoms with van der Waals surface area (Å²) in [6, 6.07) is 2.73. The van der Waals surface area contributed by atoms with Crippen molar-refractivity contribution in [1.82, 2.24) is 10.2 Å². The van der Waals surface area contributed by atoms with E-state index in [2.05, 4.69) is 23.2 Å². The van der Waals surface area contributed by atoms with Crippen LogP contribution >= 0.6 is 0 Å². The maximum atomic E-state index is 11.9. The molecule has 4 heteroatoms. The van der Waals surface area contributed by atoms with Gasteiger partial charge in [0, 0.05) is 19.1 Å². The molecule has 18 heavy (non-hydrogen) atoms. The summed E-state index contributed by atoms with van der Waals surface area (Å²) >= 11 is 0. The fourth-order valence-electron chi connectivity index (χ4n) is 3.38. The van der Waals surface area contributed by atoms with Crippen LogP contribution in [0, 0.1) is 17.2 Å². The molecule has 0 radical (unpaired) electrons. The highest BCUT2D eigenvalue weighted by atomic mass is 16.2. The lowest BCUT2D eigenvalue weighted by Crippen LogP contribution is -2.59. The van der Waals surface area contributed by atoms with E-state index >= 15 is 0 Å². The van der Waals surface area contributed by atoms with Gasteiger partial charge in [0.05, 0.1) is 18.0 Å². The highest BCUT2D eigenvalue weighted by Crippen LogP contribution is 2.29. The van der Waals surface area contributed by atoms with Crippen LogP contribution in [0.5, 0.6) is 0 Å². The van der Waals surface area contributed by atoms with Crippen LogP contribution in [0.1, 0.15) is 45.4 Å². The van der Waals surface area contributed by atoms with Crippen LogP contribution in [0.4, 0.5) is 0 Å². The standard InChI is InChI=1S/C14H23N3O/c1-2-12-14(18)16-8-9-17(12)13-7-5-3-4-6-11(13)10-15/h11-13H,2-9H2,1H3,(H,16,18). The van der Waals surface area contributed by atoms with Gasteiger partial charge in [0.2, 0.25) is 5.91 Å². The second-order valence-corrected chi connectivity index (χ2v) is 5.39. The van der Waals surface area contributed by atoms with Crippen molar-refractivity contribution in [3.05, 3.63) is 0 Å². The van der Waals surface area contributed by atoms with E-state index in [1.54, 1.807) is 0 Å². The summed E-state index contributed by atoms with van der Waals surface area (Å²) in [4.78, 5) is 14.2. The molecule has 1 N–H and O–H groups in total. The molecule has 1 heterocycles. The molecule has 3 atom stereocenters. The number of carbonyl (C=O) groups excluding carboxylic acids is 1. The number of rotatable bonds is 2. The third kappa shape index (κ3) is 2.67. The van der Waals surface area contributed by atoms with E-state index in [1.165, 1.54) is 12.8 Å². The summed E-state index contributed by atoms with van der Waals surface area (Å²) in [5.74, 6) is 0.247. The lowest BCUT2D eigenvalue weighted by atomic mass is 9.92. The fourth-order valence-corrected chi connectivity index (χ4v) is 3.38. The molecule has 0 spiro atoms. The number of hydrogen-bond acceptors (Lipinski definition) is 3. The second-order valence-electron chi connectivity index (χ2n) is 5.39. The molecule has 0 aromatic rings. The van der Waals surface area contributed by atoms with Gasteiger partial charge in [-0.15, -0.1) is 0 Å². The SMILES string of the molecule is CCC1C(=O)NCCN1C1CCCCCC1C#N. The lowest BCUT2D eigenvalue weighted by Gasteiger charge is -2.41. The van der Waals surface area contributed by atoms with E-state index in [-0.39, 0.29) is 23.9 Å². The molecule has 2 fully saturated rings. The molecule has 0 bridgehead atoms. The summed E-state index contributed by atoms with van der Waals surface area (Å²) < 4.78 is 0. The number of carbonyl (C=O) groups is 1. The van der Waals surface area contributed by atoms with E-state index in [9.17, 15) is 10.1 Å². The van der Waals surface area contributed by atoms with Gasteiger partial charge >= 0.3 is 0 Å². The minimum absolute atomic E-state index is 0.0299. The predicted octanol–water partition coefficient (Wildman–Crippen LogP) is 1.67. The van der Waals surface area contributed by atoms with Crippen LogP contribution in [0.25, 0.3) is 0 Å². The Labute approximate surface area is 109 Å². The van der Waals surface area contributed by atoms with Crippen LogP contribution in [0.2, 0.25) is 0 Å². The van der Waals surface area contributed by atoms with Crippen LogP contribution < -0.4 is 5.32 Å². The molecule has 1 amide bonds. The lowest BCUT2D eigenvalue weighted by molar-refractivity contribution is -0.131. The predicted molar refractivity (Wildman–Crippen MR) is 69.8 cm³/mol. The Morgan fingerprint density at radius 2 is 2.17 bits per heavy atom. The normalized spacial score (nSPS) is 34.4. The van der Waals surface area contributed by atoms with Gasteiger partial charge in [-0.1, -0.05) is 26.2 Å². The molecule has 1 aliphatic heterocycles. The first-order valence-electron chi connectivity index (χ1n) is 7.21. The summed E-state index contributed by atoms with van der Waals surface area (Å²) in [7, 11) is 0. The zero-order valence-corrected chi connectivity index (χ0v) is 11.2. The summed E-state index contributed by atoms with van der Waals surface area (Å²) in [6.45, 7) is 3.68. The quantitative estimate of drug-likeness (QED) is 0.757. The molecule has 1 saturated carbocycles. The van der Waals surface area contributed by atoms with Gasteiger partial charge in [0.25, 0.3) is 0 Å². The zero-order valence-electron chi connectivity index (χ0n) is 11.2. The van der Waals surface area contributed by atoms with E-state index in [0.717, 1.165) is 38.8 Å². The third-order valence-corrected chi connectivity index (χ3v) is 4.33. The highest BCUT2D eigenvalue weighted by Gasteiger charge is 2.37. The van der Waals surface area contributed by atoms with Gasteiger partial charge in [0.15, 0.2) is 0 Å². The molecular weight excluding hydrogens is 226 g/mol. The van der Waals surface area contributed by atoms with Gasteiger partial charge in [-0.3, -0.25) is 9.69 Å². The topological polar surface area (TPSA) is 56.1 Å². The highest BCUT2D eigenvalue weighted by molar-refractivity contribution is 5.82. The number of hydrogen-bond donors (Lipinski definition) is 1. The molecule has 100 valence electrons. The maximum Gasteiger partial charge on any atom is 0.237 e. The second kappa shape index (κ2) is 6.19. The van der Waals surface area contributed by atoms with Crippen molar-refractivity contribution < 1.29 is 4.79 Å². The summed E-state index contributed by atoms with van der Waals surface area (Å²) in [6.07, 6.45) is 6.48. The Bertz CT molecular complexity index is 336. The average molecular weight is 249 g/mol. The van der Waals surface area contributed by atoms with Crippen molar-refractivity contribution in [2.24, 2.45) is 5.92 Å². The third-order valence-electron chi connectivity index (χ3n) is 4.33. The molecule has 0 aromatic heterocycles. The first-order chi connectivity index (χ1) is 8.77.